The zero-order valence-electron chi connectivity index (χ0n) is 13.2. The van der Waals surface area contributed by atoms with E-state index in [0.717, 1.165) is 57.5 Å². The van der Waals surface area contributed by atoms with E-state index < -0.39 is 0 Å². The number of rotatable bonds is 5. The molecule has 2 atom stereocenters. The molecule has 2 unspecified atom stereocenters. The van der Waals surface area contributed by atoms with Gasteiger partial charge in [0.05, 0.1) is 5.41 Å². The second-order valence-electron chi connectivity index (χ2n) is 6.75. The maximum atomic E-state index is 12.7. The molecule has 0 spiro atoms. The van der Waals surface area contributed by atoms with Crippen molar-refractivity contribution in [2.75, 3.05) is 13.1 Å². The molecule has 20 heavy (non-hydrogen) atoms. The predicted octanol–water partition coefficient (Wildman–Crippen LogP) is 3.67. The second-order valence-corrected chi connectivity index (χ2v) is 6.75. The topological polar surface area (TPSA) is 38.3 Å². The van der Waals surface area contributed by atoms with Crippen LogP contribution in [0.25, 0.3) is 0 Å². The van der Waals surface area contributed by atoms with E-state index in [9.17, 15) is 4.79 Å². The highest BCUT2D eigenvalue weighted by atomic mass is 16.5. The van der Waals surface area contributed by atoms with Crippen LogP contribution in [0, 0.1) is 11.3 Å². The fourth-order valence-corrected chi connectivity index (χ4v) is 3.94. The molecule has 0 bridgehead atoms. The molecule has 0 amide bonds. The van der Waals surface area contributed by atoms with Crippen molar-refractivity contribution in [2.24, 2.45) is 11.3 Å². The number of piperidine rings is 1. The minimum absolute atomic E-state index is 0.0996. The Bertz CT molecular complexity index is 305. The van der Waals surface area contributed by atoms with Gasteiger partial charge in [0.2, 0.25) is 0 Å². The second kappa shape index (κ2) is 7.44. The van der Waals surface area contributed by atoms with Gasteiger partial charge in [0.25, 0.3) is 0 Å². The minimum atomic E-state index is -0.195. The van der Waals surface area contributed by atoms with Crippen LogP contribution in [0.15, 0.2) is 0 Å². The van der Waals surface area contributed by atoms with Crippen LogP contribution in [0.3, 0.4) is 0 Å². The fraction of sp³-hybridized carbons (Fsp3) is 0.941. The van der Waals surface area contributed by atoms with Gasteiger partial charge in [0.1, 0.15) is 6.10 Å². The molecular weight excluding hydrogens is 250 g/mol. The first-order valence-electron chi connectivity index (χ1n) is 8.62. The molecule has 1 saturated carbocycles. The van der Waals surface area contributed by atoms with E-state index in [-0.39, 0.29) is 17.5 Å². The smallest absolute Gasteiger partial charge is 0.312 e. The maximum Gasteiger partial charge on any atom is 0.312 e. The normalized spacial score (nSPS) is 29.9. The lowest BCUT2D eigenvalue weighted by Crippen LogP contribution is -2.44. The van der Waals surface area contributed by atoms with E-state index in [1.165, 1.54) is 19.3 Å². The number of hydrogen-bond acceptors (Lipinski definition) is 3. The summed E-state index contributed by atoms with van der Waals surface area (Å²) in [6.45, 7) is 6.33. The summed E-state index contributed by atoms with van der Waals surface area (Å²) in [6, 6.07) is 0. The molecule has 0 aromatic rings. The number of carbonyl (C=O) groups excluding carboxylic acids is 1. The van der Waals surface area contributed by atoms with Gasteiger partial charge in [-0.1, -0.05) is 33.1 Å². The molecule has 1 aliphatic carbocycles. The average Bonchev–Trinajstić information content (AvgIpc) is 2.48. The molecule has 1 heterocycles. The number of nitrogens with one attached hydrogen (secondary N) is 1. The highest BCUT2D eigenvalue weighted by Crippen LogP contribution is 2.37. The summed E-state index contributed by atoms with van der Waals surface area (Å²) >= 11 is 0. The number of esters is 1. The van der Waals surface area contributed by atoms with Gasteiger partial charge in [-0.2, -0.15) is 0 Å². The maximum absolute atomic E-state index is 12.7. The highest BCUT2D eigenvalue weighted by Gasteiger charge is 2.41. The quantitative estimate of drug-likeness (QED) is 0.781. The third-order valence-corrected chi connectivity index (χ3v) is 5.31. The Morgan fingerprint density at radius 1 is 1.25 bits per heavy atom. The van der Waals surface area contributed by atoms with E-state index >= 15 is 0 Å². The Morgan fingerprint density at radius 3 is 2.65 bits per heavy atom. The Balaban J connectivity index is 1.94. The first kappa shape index (κ1) is 15.8. The molecule has 3 nitrogen and oxygen atoms in total. The zero-order valence-corrected chi connectivity index (χ0v) is 13.2. The van der Waals surface area contributed by atoms with Gasteiger partial charge >= 0.3 is 5.97 Å². The third-order valence-electron chi connectivity index (χ3n) is 5.31. The molecule has 0 radical (unpaired) electrons. The SMILES string of the molecule is CCCC1(C(=O)OC2CCCC(CC)C2)CCNCC1. The molecular formula is C17H31NO2. The summed E-state index contributed by atoms with van der Waals surface area (Å²) in [6.07, 6.45) is 10.0. The summed E-state index contributed by atoms with van der Waals surface area (Å²) in [5, 5.41) is 3.36. The summed E-state index contributed by atoms with van der Waals surface area (Å²) in [7, 11) is 0. The van der Waals surface area contributed by atoms with Crippen molar-refractivity contribution in [1.82, 2.24) is 5.32 Å². The van der Waals surface area contributed by atoms with Gasteiger partial charge in [-0.25, -0.2) is 0 Å². The lowest BCUT2D eigenvalue weighted by molar-refractivity contribution is -0.166. The Morgan fingerprint density at radius 2 is 2.00 bits per heavy atom. The minimum Gasteiger partial charge on any atom is -0.462 e. The molecule has 1 N–H and O–H groups in total. The third kappa shape index (κ3) is 3.75. The van der Waals surface area contributed by atoms with Crippen LogP contribution in [-0.2, 0) is 9.53 Å². The van der Waals surface area contributed by atoms with E-state index in [2.05, 4.69) is 19.2 Å². The number of carbonyl (C=O) groups is 1. The molecule has 1 aliphatic heterocycles. The molecule has 116 valence electrons. The Hall–Kier alpha value is -0.570. The fourth-order valence-electron chi connectivity index (χ4n) is 3.94. The van der Waals surface area contributed by atoms with Crippen LogP contribution in [0.5, 0.6) is 0 Å². The monoisotopic (exact) mass is 281 g/mol. The number of hydrogen-bond donors (Lipinski definition) is 1. The van der Waals surface area contributed by atoms with Gasteiger partial charge in [-0.15, -0.1) is 0 Å². The summed E-state index contributed by atoms with van der Waals surface area (Å²) in [5.41, 5.74) is -0.195. The van der Waals surface area contributed by atoms with Crippen LogP contribution in [-0.4, -0.2) is 25.2 Å². The van der Waals surface area contributed by atoms with Gasteiger partial charge in [-0.3, -0.25) is 4.79 Å². The van der Waals surface area contributed by atoms with Crippen molar-refractivity contribution < 1.29 is 9.53 Å². The standard InChI is InChI=1S/C17H31NO2/c1-3-8-17(9-11-18-12-10-17)16(19)20-15-7-5-6-14(4-2)13-15/h14-15,18H,3-13H2,1-2H3. The summed E-state index contributed by atoms with van der Waals surface area (Å²) in [5.74, 6) is 0.860. The largest absolute Gasteiger partial charge is 0.462 e. The van der Waals surface area contributed by atoms with Gasteiger partial charge in [0, 0.05) is 0 Å². The van der Waals surface area contributed by atoms with Crippen molar-refractivity contribution in [3.63, 3.8) is 0 Å². The van der Waals surface area contributed by atoms with Gasteiger partial charge in [0.15, 0.2) is 0 Å². The highest BCUT2D eigenvalue weighted by molar-refractivity contribution is 5.77. The van der Waals surface area contributed by atoms with Gasteiger partial charge < -0.3 is 10.1 Å². The summed E-state index contributed by atoms with van der Waals surface area (Å²) in [4.78, 5) is 12.7. The molecule has 0 aromatic carbocycles. The van der Waals surface area contributed by atoms with Crippen molar-refractivity contribution in [1.29, 1.82) is 0 Å². The first-order chi connectivity index (χ1) is 9.70. The van der Waals surface area contributed by atoms with Crippen molar-refractivity contribution >= 4 is 5.97 Å². The van der Waals surface area contributed by atoms with E-state index in [1.807, 2.05) is 0 Å². The molecule has 2 fully saturated rings. The lowest BCUT2D eigenvalue weighted by Gasteiger charge is -2.37. The first-order valence-corrected chi connectivity index (χ1v) is 8.62. The van der Waals surface area contributed by atoms with Crippen LogP contribution >= 0.6 is 0 Å². The van der Waals surface area contributed by atoms with E-state index in [4.69, 9.17) is 4.74 Å². The molecule has 0 aromatic heterocycles. The van der Waals surface area contributed by atoms with Crippen molar-refractivity contribution in [3.05, 3.63) is 0 Å². The van der Waals surface area contributed by atoms with Gasteiger partial charge in [-0.05, 0) is 57.5 Å². The zero-order chi connectivity index (χ0) is 14.4. The van der Waals surface area contributed by atoms with Crippen LogP contribution in [0.2, 0.25) is 0 Å². The summed E-state index contributed by atoms with van der Waals surface area (Å²) < 4.78 is 5.95. The van der Waals surface area contributed by atoms with Crippen LogP contribution < -0.4 is 5.32 Å². The van der Waals surface area contributed by atoms with Crippen molar-refractivity contribution in [3.8, 4) is 0 Å². The van der Waals surface area contributed by atoms with Crippen molar-refractivity contribution in [2.45, 2.75) is 77.7 Å². The Kier molecular flexibility index (Phi) is 5.88. The van der Waals surface area contributed by atoms with E-state index in [1.54, 1.807) is 0 Å². The number of ether oxygens (including phenoxy) is 1. The average molecular weight is 281 g/mol. The van der Waals surface area contributed by atoms with E-state index in [0.29, 0.717) is 0 Å². The molecule has 1 saturated heterocycles. The van der Waals surface area contributed by atoms with Crippen LogP contribution in [0.1, 0.15) is 71.6 Å². The van der Waals surface area contributed by atoms with Crippen LogP contribution in [0.4, 0.5) is 0 Å². The lowest BCUT2D eigenvalue weighted by atomic mass is 9.75. The molecule has 2 rings (SSSR count). The Labute approximate surface area is 123 Å². The predicted molar refractivity (Wildman–Crippen MR) is 81.6 cm³/mol. The molecule has 2 aliphatic rings. The molecule has 3 heteroatoms.